The number of carbonyl (C=O) groups excluding carboxylic acids is 2. The fourth-order valence-corrected chi connectivity index (χ4v) is 4.60. The third kappa shape index (κ3) is 4.31. The van der Waals surface area contributed by atoms with E-state index in [4.69, 9.17) is 4.52 Å². The van der Waals surface area contributed by atoms with Crippen molar-refractivity contribution in [2.45, 2.75) is 36.5 Å². The number of likely N-dealkylation sites (N-methyl/N-ethyl adjacent to an activating group) is 1. The Morgan fingerprint density at radius 2 is 2.23 bits per heavy atom. The minimum absolute atomic E-state index is 0.210. The Morgan fingerprint density at radius 1 is 1.42 bits per heavy atom. The van der Waals surface area contributed by atoms with E-state index < -0.39 is 11.9 Å². The highest BCUT2D eigenvalue weighted by molar-refractivity contribution is 7.98. The fraction of sp³-hybridized carbons (Fsp3) is 0.389. The molecule has 2 heterocycles. The van der Waals surface area contributed by atoms with Crippen LogP contribution in [0.5, 0.6) is 0 Å². The van der Waals surface area contributed by atoms with Gasteiger partial charge in [0.15, 0.2) is 17.6 Å². The predicted octanol–water partition coefficient (Wildman–Crippen LogP) is 3.85. The molecule has 1 unspecified atom stereocenters. The molecule has 0 saturated heterocycles. The average molecular weight is 392 g/mol. The third-order valence-corrected chi connectivity index (χ3v) is 6.07. The first-order valence-electron chi connectivity index (χ1n) is 8.48. The highest BCUT2D eigenvalue weighted by Crippen LogP contribution is 2.34. The molecule has 138 valence electrons. The molecule has 1 amide bonds. The molecule has 6 nitrogen and oxygen atoms in total. The van der Waals surface area contributed by atoms with Gasteiger partial charge >= 0.3 is 0 Å². The van der Waals surface area contributed by atoms with Gasteiger partial charge in [0.25, 0.3) is 5.91 Å². The quantitative estimate of drug-likeness (QED) is 0.436. The standard InChI is InChI=1S/C18H21N3O3S2/c1-3-4-9-25-11-12-10-15(20-24-12)19-18(23)16-17(22)13-7-5-6-8-14(13)26-21(16)2/h5-8,10,16H,3-4,9,11H2,1-2H3,(H,19,20,23). The third-order valence-electron chi connectivity index (χ3n) is 3.95. The first-order chi connectivity index (χ1) is 12.6. The number of benzene rings is 1. The van der Waals surface area contributed by atoms with Crippen LogP contribution in [0.2, 0.25) is 0 Å². The maximum Gasteiger partial charge on any atom is 0.251 e. The normalized spacial score (nSPS) is 17.2. The molecule has 1 aromatic heterocycles. The molecule has 26 heavy (non-hydrogen) atoms. The van der Waals surface area contributed by atoms with Crippen molar-refractivity contribution in [2.24, 2.45) is 0 Å². The van der Waals surface area contributed by atoms with E-state index in [0.717, 1.165) is 23.5 Å². The molecule has 0 radical (unpaired) electrons. The molecule has 0 aliphatic carbocycles. The van der Waals surface area contributed by atoms with E-state index in [0.29, 0.717) is 22.9 Å². The number of aromatic nitrogens is 1. The van der Waals surface area contributed by atoms with Crippen LogP contribution in [-0.4, -0.2) is 40.0 Å². The molecule has 1 aliphatic rings. The monoisotopic (exact) mass is 391 g/mol. The Hall–Kier alpha value is -1.77. The minimum Gasteiger partial charge on any atom is -0.358 e. The van der Waals surface area contributed by atoms with Crippen LogP contribution in [0.4, 0.5) is 5.82 Å². The summed E-state index contributed by atoms with van der Waals surface area (Å²) in [6.45, 7) is 2.16. The summed E-state index contributed by atoms with van der Waals surface area (Å²) in [6.07, 6.45) is 2.33. The van der Waals surface area contributed by atoms with Gasteiger partial charge in [0.1, 0.15) is 5.76 Å². The molecule has 0 fully saturated rings. The van der Waals surface area contributed by atoms with Gasteiger partial charge in [-0.1, -0.05) is 36.7 Å². The second-order valence-electron chi connectivity index (χ2n) is 5.97. The molecular formula is C18H21N3O3S2. The van der Waals surface area contributed by atoms with Crippen LogP contribution in [0.3, 0.4) is 0 Å². The Labute approximate surface area is 161 Å². The van der Waals surface area contributed by atoms with Gasteiger partial charge in [-0.05, 0) is 37.2 Å². The zero-order valence-electron chi connectivity index (χ0n) is 14.7. The minimum atomic E-state index is -0.894. The molecule has 2 aromatic rings. The number of ketones is 1. The largest absolute Gasteiger partial charge is 0.358 e. The lowest BCUT2D eigenvalue weighted by molar-refractivity contribution is -0.118. The second-order valence-corrected chi connectivity index (χ2v) is 8.28. The maximum atomic E-state index is 12.7. The van der Waals surface area contributed by atoms with Gasteiger partial charge in [0.2, 0.25) is 0 Å². The number of nitrogens with one attached hydrogen (secondary N) is 1. The fourth-order valence-electron chi connectivity index (χ4n) is 2.61. The number of carbonyl (C=O) groups is 2. The van der Waals surface area contributed by atoms with E-state index in [1.165, 1.54) is 11.9 Å². The van der Waals surface area contributed by atoms with E-state index in [1.54, 1.807) is 41.3 Å². The number of thioether (sulfide) groups is 1. The van der Waals surface area contributed by atoms with Crippen molar-refractivity contribution < 1.29 is 14.1 Å². The van der Waals surface area contributed by atoms with E-state index >= 15 is 0 Å². The number of rotatable bonds is 7. The van der Waals surface area contributed by atoms with Gasteiger partial charge in [-0.2, -0.15) is 11.8 Å². The maximum absolute atomic E-state index is 12.7. The van der Waals surface area contributed by atoms with E-state index in [-0.39, 0.29) is 5.78 Å². The molecule has 0 bridgehead atoms. The first-order valence-corrected chi connectivity index (χ1v) is 10.4. The lowest BCUT2D eigenvalue weighted by Gasteiger charge is -2.30. The molecule has 1 aromatic carbocycles. The van der Waals surface area contributed by atoms with E-state index in [9.17, 15) is 9.59 Å². The van der Waals surface area contributed by atoms with Crippen molar-refractivity contribution in [1.82, 2.24) is 9.46 Å². The van der Waals surface area contributed by atoms with Gasteiger partial charge in [-0.25, -0.2) is 4.31 Å². The number of hydrogen-bond acceptors (Lipinski definition) is 7. The van der Waals surface area contributed by atoms with Crippen LogP contribution in [0, 0.1) is 0 Å². The zero-order chi connectivity index (χ0) is 18.5. The van der Waals surface area contributed by atoms with Crippen LogP contribution in [0.25, 0.3) is 0 Å². The van der Waals surface area contributed by atoms with Crippen molar-refractivity contribution in [3.05, 3.63) is 41.7 Å². The Bertz CT molecular complexity index is 793. The van der Waals surface area contributed by atoms with Crippen molar-refractivity contribution in [3.63, 3.8) is 0 Å². The summed E-state index contributed by atoms with van der Waals surface area (Å²) in [7, 11) is 1.74. The van der Waals surface area contributed by atoms with E-state index in [2.05, 4.69) is 17.4 Å². The molecule has 0 spiro atoms. The molecule has 0 saturated carbocycles. The van der Waals surface area contributed by atoms with Crippen molar-refractivity contribution in [2.75, 3.05) is 18.1 Å². The SMILES string of the molecule is CCCCSCc1cc(NC(=O)C2C(=O)c3ccccc3SN2C)no1. The van der Waals surface area contributed by atoms with Crippen LogP contribution in [0.1, 0.15) is 35.9 Å². The van der Waals surface area contributed by atoms with Gasteiger partial charge in [0, 0.05) is 16.5 Å². The summed E-state index contributed by atoms with van der Waals surface area (Å²) in [5.74, 6) is 2.22. The smallest absolute Gasteiger partial charge is 0.251 e. The van der Waals surface area contributed by atoms with Gasteiger partial charge in [0.05, 0.1) is 5.75 Å². The lowest BCUT2D eigenvalue weighted by Crippen LogP contribution is -2.46. The summed E-state index contributed by atoms with van der Waals surface area (Å²) in [4.78, 5) is 26.2. The summed E-state index contributed by atoms with van der Waals surface area (Å²) in [5, 5.41) is 6.58. The Kier molecular flexibility index (Phi) is 6.39. The van der Waals surface area contributed by atoms with Crippen LogP contribution in [0.15, 0.2) is 39.8 Å². The zero-order valence-corrected chi connectivity index (χ0v) is 16.4. The van der Waals surface area contributed by atoms with Crippen molar-refractivity contribution in [3.8, 4) is 0 Å². The Morgan fingerprint density at radius 3 is 3.04 bits per heavy atom. The summed E-state index contributed by atoms with van der Waals surface area (Å²) in [6, 6.07) is 8.13. The van der Waals surface area contributed by atoms with Crippen molar-refractivity contribution in [1.29, 1.82) is 0 Å². The number of fused-ring (bicyclic) bond motifs is 1. The Balaban J connectivity index is 1.63. The topological polar surface area (TPSA) is 75.4 Å². The average Bonchev–Trinajstić information content (AvgIpc) is 3.06. The summed E-state index contributed by atoms with van der Waals surface area (Å²) >= 11 is 3.16. The number of amides is 1. The summed E-state index contributed by atoms with van der Waals surface area (Å²) < 4.78 is 6.92. The molecule has 1 atom stereocenters. The molecule has 1 N–H and O–H groups in total. The van der Waals surface area contributed by atoms with Gasteiger partial charge in [-0.3, -0.25) is 9.59 Å². The van der Waals surface area contributed by atoms with Crippen LogP contribution < -0.4 is 5.32 Å². The number of unbranched alkanes of at least 4 members (excludes halogenated alkanes) is 1. The number of hydrogen-bond donors (Lipinski definition) is 1. The van der Waals surface area contributed by atoms with Crippen LogP contribution >= 0.6 is 23.7 Å². The lowest BCUT2D eigenvalue weighted by atomic mass is 10.0. The highest BCUT2D eigenvalue weighted by Gasteiger charge is 2.37. The highest BCUT2D eigenvalue weighted by atomic mass is 32.2. The van der Waals surface area contributed by atoms with Gasteiger partial charge < -0.3 is 9.84 Å². The summed E-state index contributed by atoms with van der Waals surface area (Å²) in [5.41, 5.74) is 0.573. The molecule has 8 heteroatoms. The number of nitrogens with zero attached hydrogens (tertiary/aromatic N) is 2. The van der Waals surface area contributed by atoms with Crippen molar-refractivity contribution >= 4 is 41.2 Å². The molecule has 1 aliphatic heterocycles. The predicted molar refractivity (Wildman–Crippen MR) is 104 cm³/mol. The van der Waals surface area contributed by atoms with Crippen LogP contribution in [-0.2, 0) is 10.5 Å². The van der Waals surface area contributed by atoms with E-state index in [1.807, 2.05) is 12.1 Å². The molecule has 3 rings (SSSR count). The number of anilines is 1. The number of Topliss-reactive ketones (excluding diaryl/α,β-unsaturated/α-hetero) is 1. The molecular weight excluding hydrogens is 370 g/mol. The van der Waals surface area contributed by atoms with Gasteiger partial charge in [-0.15, -0.1) is 0 Å². The first kappa shape index (κ1) is 19.0. The second kappa shape index (κ2) is 8.75.